The molecule has 0 unspecified atom stereocenters. The fourth-order valence-electron chi connectivity index (χ4n) is 1.26. The summed E-state index contributed by atoms with van der Waals surface area (Å²) in [6, 6.07) is 3.44. The van der Waals surface area contributed by atoms with Crippen molar-refractivity contribution in [3.8, 4) is 0 Å². The van der Waals surface area contributed by atoms with Crippen molar-refractivity contribution in [3.63, 3.8) is 0 Å². The highest BCUT2D eigenvalue weighted by atomic mass is 16.3. The molecule has 2 aromatic heterocycles. The van der Waals surface area contributed by atoms with E-state index in [1.165, 1.54) is 4.68 Å². The second-order valence-corrected chi connectivity index (χ2v) is 3.35. The topological polar surface area (TPSA) is 86.1 Å². The summed E-state index contributed by atoms with van der Waals surface area (Å²) in [7, 11) is 0. The zero-order chi connectivity index (χ0) is 11.4. The first-order valence-electron chi connectivity index (χ1n) is 4.81. The predicted molar refractivity (Wildman–Crippen MR) is 57.2 cm³/mol. The van der Waals surface area contributed by atoms with E-state index in [2.05, 4.69) is 10.4 Å². The first kappa shape index (κ1) is 10.3. The molecule has 0 saturated carbocycles. The van der Waals surface area contributed by atoms with E-state index in [1.54, 1.807) is 30.9 Å². The molecule has 6 heteroatoms. The normalized spacial score (nSPS) is 10.2. The summed E-state index contributed by atoms with van der Waals surface area (Å²) in [6.07, 6.45) is 4.81. The minimum absolute atomic E-state index is 0.121. The average Bonchev–Trinajstić information content (AvgIpc) is 2.87. The number of anilines is 1. The number of nitrogens with one attached hydrogen (secondary N) is 1. The van der Waals surface area contributed by atoms with E-state index in [4.69, 9.17) is 10.2 Å². The van der Waals surface area contributed by atoms with E-state index < -0.39 is 0 Å². The zero-order valence-corrected chi connectivity index (χ0v) is 8.59. The van der Waals surface area contributed by atoms with E-state index in [0.717, 1.165) is 5.56 Å². The fraction of sp³-hybridized carbons (Fsp3) is 0.200. The molecule has 0 radical (unpaired) electrons. The van der Waals surface area contributed by atoms with Crippen molar-refractivity contribution in [2.75, 3.05) is 5.73 Å². The number of carbonyl (C=O) groups excluding carboxylic acids is 1. The maximum atomic E-state index is 11.5. The SMILES string of the molecule is Nc1ccn(CC(=O)NCc2ccoc2)n1. The third-order valence-corrected chi connectivity index (χ3v) is 2.04. The van der Waals surface area contributed by atoms with Gasteiger partial charge in [-0.1, -0.05) is 0 Å². The van der Waals surface area contributed by atoms with Crippen LogP contribution in [0.5, 0.6) is 0 Å². The van der Waals surface area contributed by atoms with Gasteiger partial charge in [-0.3, -0.25) is 9.48 Å². The third-order valence-electron chi connectivity index (χ3n) is 2.04. The van der Waals surface area contributed by atoms with Gasteiger partial charge in [0.15, 0.2) is 0 Å². The molecule has 3 N–H and O–H groups in total. The highest BCUT2D eigenvalue weighted by molar-refractivity contribution is 5.75. The molecule has 2 heterocycles. The van der Waals surface area contributed by atoms with Crippen LogP contribution in [-0.2, 0) is 17.9 Å². The minimum Gasteiger partial charge on any atom is -0.472 e. The van der Waals surface area contributed by atoms with Crippen molar-refractivity contribution in [2.45, 2.75) is 13.1 Å². The maximum absolute atomic E-state index is 11.5. The van der Waals surface area contributed by atoms with Crippen LogP contribution in [0.15, 0.2) is 35.3 Å². The number of amides is 1. The number of nitrogen functional groups attached to an aromatic ring is 1. The molecule has 6 nitrogen and oxygen atoms in total. The summed E-state index contributed by atoms with van der Waals surface area (Å²) in [6.45, 7) is 0.612. The van der Waals surface area contributed by atoms with Crippen LogP contribution in [0.2, 0.25) is 0 Å². The van der Waals surface area contributed by atoms with Gasteiger partial charge in [-0.25, -0.2) is 0 Å². The molecule has 2 aromatic rings. The molecule has 0 bridgehead atoms. The Kier molecular flexibility index (Phi) is 2.90. The summed E-state index contributed by atoms with van der Waals surface area (Å²) in [5, 5.41) is 6.65. The Morgan fingerprint density at radius 3 is 3.06 bits per heavy atom. The number of hydrogen-bond donors (Lipinski definition) is 2. The molecular formula is C10H12N4O2. The lowest BCUT2D eigenvalue weighted by Crippen LogP contribution is -2.27. The smallest absolute Gasteiger partial charge is 0.242 e. The lowest BCUT2D eigenvalue weighted by Gasteiger charge is -2.03. The van der Waals surface area contributed by atoms with Gasteiger partial charge in [0.05, 0.1) is 12.5 Å². The first-order chi connectivity index (χ1) is 7.74. The number of hydrogen-bond acceptors (Lipinski definition) is 4. The van der Waals surface area contributed by atoms with Gasteiger partial charge in [-0.05, 0) is 12.1 Å². The van der Waals surface area contributed by atoms with Crippen LogP contribution in [0.4, 0.5) is 5.82 Å². The van der Waals surface area contributed by atoms with Gasteiger partial charge in [0, 0.05) is 18.3 Å². The second-order valence-electron chi connectivity index (χ2n) is 3.35. The lowest BCUT2D eigenvalue weighted by atomic mass is 10.3. The van der Waals surface area contributed by atoms with Crippen molar-refractivity contribution in [3.05, 3.63) is 36.4 Å². The molecule has 0 fully saturated rings. The highest BCUT2D eigenvalue weighted by Gasteiger charge is 2.03. The van der Waals surface area contributed by atoms with Crippen LogP contribution in [0, 0.1) is 0 Å². The van der Waals surface area contributed by atoms with E-state index in [9.17, 15) is 4.79 Å². The van der Waals surface area contributed by atoms with E-state index in [1.807, 2.05) is 0 Å². The van der Waals surface area contributed by atoms with E-state index >= 15 is 0 Å². The number of nitrogens with zero attached hydrogens (tertiary/aromatic N) is 2. The van der Waals surface area contributed by atoms with Crippen LogP contribution in [-0.4, -0.2) is 15.7 Å². The van der Waals surface area contributed by atoms with Crippen LogP contribution in [0.3, 0.4) is 0 Å². The Labute approximate surface area is 92.0 Å². The zero-order valence-electron chi connectivity index (χ0n) is 8.59. The number of rotatable bonds is 4. The van der Waals surface area contributed by atoms with E-state index in [0.29, 0.717) is 12.4 Å². The Bertz CT molecular complexity index is 461. The molecule has 84 valence electrons. The van der Waals surface area contributed by atoms with Gasteiger partial charge < -0.3 is 15.5 Å². The van der Waals surface area contributed by atoms with Crippen molar-refractivity contribution >= 4 is 11.7 Å². The molecule has 0 atom stereocenters. The number of nitrogens with two attached hydrogens (primary N) is 1. The summed E-state index contributed by atoms with van der Waals surface area (Å²) < 4.78 is 6.37. The standard InChI is InChI=1S/C10H12N4O2/c11-9-1-3-14(13-9)6-10(15)12-5-8-2-4-16-7-8/h1-4,7H,5-6H2,(H2,11,13)(H,12,15). The molecule has 16 heavy (non-hydrogen) atoms. The van der Waals surface area contributed by atoms with Crippen LogP contribution in [0.1, 0.15) is 5.56 Å². The van der Waals surface area contributed by atoms with Gasteiger partial charge in [0.25, 0.3) is 0 Å². The Balaban J connectivity index is 1.81. The molecule has 0 aliphatic rings. The van der Waals surface area contributed by atoms with Crippen molar-refractivity contribution < 1.29 is 9.21 Å². The predicted octanol–water partition coefficient (Wildman–Crippen LogP) is 0.375. The monoisotopic (exact) mass is 220 g/mol. The van der Waals surface area contributed by atoms with Gasteiger partial charge in [-0.15, -0.1) is 0 Å². The minimum atomic E-state index is -0.121. The molecule has 2 rings (SSSR count). The second kappa shape index (κ2) is 4.52. The Morgan fingerprint density at radius 1 is 1.56 bits per heavy atom. The van der Waals surface area contributed by atoms with Crippen molar-refractivity contribution in [1.82, 2.24) is 15.1 Å². The van der Waals surface area contributed by atoms with E-state index in [-0.39, 0.29) is 12.5 Å². The van der Waals surface area contributed by atoms with Gasteiger partial charge in [-0.2, -0.15) is 5.10 Å². The molecule has 0 aliphatic heterocycles. The van der Waals surface area contributed by atoms with Gasteiger partial charge in [0.1, 0.15) is 12.4 Å². The fourth-order valence-corrected chi connectivity index (χ4v) is 1.26. The molecule has 0 spiro atoms. The average molecular weight is 220 g/mol. The quantitative estimate of drug-likeness (QED) is 0.779. The van der Waals surface area contributed by atoms with Crippen LogP contribution in [0.25, 0.3) is 0 Å². The first-order valence-corrected chi connectivity index (χ1v) is 4.81. The van der Waals surface area contributed by atoms with Crippen molar-refractivity contribution in [2.24, 2.45) is 0 Å². The van der Waals surface area contributed by atoms with Crippen LogP contribution >= 0.6 is 0 Å². The summed E-state index contributed by atoms with van der Waals surface area (Å²) in [5.74, 6) is 0.284. The van der Waals surface area contributed by atoms with Crippen LogP contribution < -0.4 is 11.1 Å². The highest BCUT2D eigenvalue weighted by Crippen LogP contribution is 1.99. The Morgan fingerprint density at radius 2 is 2.44 bits per heavy atom. The maximum Gasteiger partial charge on any atom is 0.242 e. The third kappa shape index (κ3) is 2.63. The number of furan rings is 1. The van der Waals surface area contributed by atoms with Gasteiger partial charge in [0.2, 0.25) is 5.91 Å². The molecule has 0 aromatic carbocycles. The van der Waals surface area contributed by atoms with Crippen molar-refractivity contribution in [1.29, 1.82) is 0 Å². The molecule has 0 aliphatic carbocycles. The van der Waals surface area contributed by atoms with Gasteiger partial charge >= 0.3 is 0 Å². The summed E-state index contributed by atoms with van der Waals surface area (Å²) >= 11 is 0. The lowest BCUT2D eigenvalue weighted by molar-refractivity contribution is -0.122. The Hall–Kier alpha value is -2.24. The largest absolute Gasteiger partial charge is 0.472 e. The summed E-state index contributed by atoms with van der Waals surface area (Å²) in [4.78, 5) is 11.5. The molecule has 1 amide bonds. The summed E-state index contributed by atoms with van der Waals surface area (Å²) in [5.41, 5.74) is 6.35. The number of aromatic nitrogens is 2. The number of carbonyl (C=O) groups is 1. The molecular weight excluding hydrogens is 208 g/mol. The molecule has 0 saturated heterocycles.